The van der Waals surface area contributed by atoms with Crippen molar-refractivity contribution in [3.05, 3.63) is 29.3 Å². The van der Waals surface area contributed by atoms with Crippen molar-refractivity contribution < 1.29 is 5.11 Å². The molecule has 0 aromatic heterocycles. The number of rotatable bonds is 0. The van der Waals surface area contributed by atoms with Crippen LogP contribution in [0.3, 0.4) is 0 Å². The van der Waals surface area contributed by atoms with Gasteiger partial charge in [0.25, 0.3) is 0 Å². The lowest BCUT2D eigenvalue weighted by molar-refractivity contribution is 0.0955. The van der Waals surface area contributed by atoms with Crippen LogP contribution >= 0.6 is 0 Å². The van der Waals surface area contributed by atoms with Gasteiger partial charge in [-0.2, -0.15) is 5.10 Å². The van der Waals surface area contributed by atoms with E-state index in [0.717, 1.165) is 24.7 Å². The van der Waals surface area contributed by atoms with Crippen LogP contribution in [-0.4, -0.2) is 10.8 Å². The van der Waals surface area contributed by atoms with E-state index in [0.29, 0.717) is 11.7 Å². The van der Waals surface area contributed by atoms with E-state index < -0.39 is 0 Å². The number of nitrogens with zero attached hydrogens (tertiary/aromatic N) is 1. The fourth-order valence-electron chi connectivity index (χ4n) is 5.57. The molecule has 3 N–H and O–H groups in total. The zero-order chi connectivity index (χ0) is 14.6. The molecule has 0 aliphatic heterocycles. The van der Waals surface area contributed by atoms with Crippen molar-refractivity contribution in [3.63, 3.8) is 0 Å². The minimum atomic E-state index is 0.240. The Labute approximate surface area is 126 Å². The van der Waals surface area contributed by atoms with Gasteiger partial charge < -0.3 is 10.9 Å². The highest BCUT2D eigenvalue weighted by Gasteiger charge is 2.53. The number of aromatic hydroxyl groups is 1. The fourth-order valence-corrected chi connectivity index (χ4v) is 5.57. The second-order valence-electron chi connectivity index (χ2n) is 7.37. The quantitative estimate of drug-likeness (QED) is 0.565. The van der Waals surface area contributed by atoms with Gasteiger partial charge >= 0.3 is 0 Å². The number of aryl methyl sites for hydroxylation is 1. The largest absolute Gasteiger partial charge is 0.508 e. The lowest BCUT2D eigenvalue weighted by atomic mass is 9.55. The summed E-state index contributed by atoms with van der Waals surface area (Å²) in [6.45, 7) is 2.39. The molecule has 0 amide bonds. The SMILES string of the molecule is C[C@]12CC[C@@H]3c4ccc(O)cc4CC[C@@H]3[C@H]1CC/C2=N/N. The second-order valence-corrected chi connectivity index (χ2v) is 7.37. The third-order valence-electron chi connectivity index (χ3n) is 6.61. The lowest BCUT2D eigenvalue weighted by Gasteiger charge is -2.49. The number of hydrogen-bond donors (Lipinski definition) is 2. The summed E-state index contributed by atoms with van der Waals surface area (Å²) in [4.78, 5) is 0. The maximum atomic E-state index is 9.71. The highest BCUT2D eigenvalue weighted by atomic mass is 16.3. The zero-order valence-corrected chi connectivity index (χ0v) is 12.7. The smallest absolute Gasteiger partial charge is 0.115 e. The second kappa shape index (κ2) is 4.49. The number of phenolic OH excluding ortho intramolecular Hbond substituents is 1. The number of fused-ring (bicyclic) bond motifs is 5. The van der Waals surface area contributed by atoms with Gasteiger partial charge in [0.1, 0.15) is 5.75 Å². The number of hydrazone groups is 1. The molecule has 3 aliphatic carbocycles. The molecule has 0 saturated heterocycles. The molecule has 0 spiro atoms. The lowest BCUT2D eigenvalue weighted by Crippen LogP contribution is -2.42. The van der Waals surface area contributed by atoms with Crippen LogP contribution in [0.5, 0.6) is 5.75 Å². The Bertz CT molecular complexity index is 609. The van der Waals surface area contributed by atoms with Gasteiger partial charge in [-0.3, -0.25) is 0 Å². The number of nitrogens with two attached hydrogens (primary N) is 1. The van der Waals surface area contributed by atoms with Crippen LogP contribution in [0.1, 0.15) is 56.1 Å². The molecule has 0 unspecified atom stereocenters. The van der Waals surface area contributed by atoms with Gasteiger partial charge in [0.05, 0.1) is 0 Å². The Kier molecular flexibility index (Phi) is 2.82. The van der Waals surface area contributed by atoms with Gasteiger partial charge in [-0.15, -0.1) is 0 Å². The van der Waals surface area contributed by atoms with Gasteiger partial charge in [0.2, 0.25) is 0 Å². The minimum absolute atomic E-state index is 0.240. The predicted octanol–water partition coefficient (Wildman–Crippen LogP) is 3.56. The predicted molar refractivity (Wildman–Crippen MR) is 84.3 cm³/mol. The van der Waals surface area contributed by atoms with Crippen LogP contribution in [0.2, 0.25) is 0 Å². The Balaban J connectivity index is 1.72. The molecule has 2 saturated carbocycles. The van der Waals surface area contributed by atoms with Crippen molar-refractivity contribution in [2.24, 2.45) is 28.2 Å². The van der Waals surface area contributed by atoms with Gasteiger partial charge in [0, 0.05) is 11.1 Å². The highest BCUT2D eigenvalue weighted by Crippen LogP contribution is 2.59. The van der Waals surface area contributed by atoms with Crippen LogP contribution in [0.25, 0.3) is 0 Å². The molecule has 0 radical (unpaired) electrons. The molecule has 4 rings (SSSR count). The van der Waals surface area contributed by atoms with Crippen molar-refractivity contribution in [1.82, 2.24) is 0 Å². The summed E-state index contributed by atoms with van der Waals surface area (Å²) in [5, 5.41) is 13.8. The van der Waals surface area contributed by atoms with Gasteiger partial charge in [-0.25, -0.2) is 0 Å². The van der Waals surface area contributed by atoms with Crippen molar-refractivity contribution in [2.45, 2.75) is 51.4 Å². The molecule has 21 heavy (non-hydrogen) atoms. The van der Waals surface area contributed by atoms with Crippen molar-refractivity contribution >= 4 is 5.71 Å². The van der Waals surface area contributed by atoms with Crippen molar-refractivity contribution in [1.29, 1.82) is 0 Å². The van der Waals surface area contributed by atoms with E-state index in [1.807, 2.05) is 12.1 Å². The molecule has 3 nitrogen and oxygen atoms in total. The summed E-state index contributed by atoms with van der Waals surface area (Å²) >= 11 is 0. The Morgan fingerprint density at radius 2 is 2.10 bits per heavy atom. The molecule has 1 aromatic carbocycles. The highest BCUT2D eigenvalue weighted by molar-refractivity contribution is 5.92. The van der Waals surface area contributed by atoms with Crippen LogP contribution in [-0.2, 0) is 6.42 Å². The fraction of sp³-hybridized carbons (Fsp3) is 0.611. The molecule has 4 atom stereocenters. The molecular formula is C18H24N2O. The molecular weight excluding hydrogens is 260 g/mol. The third-order valence-corrected chi connectivity index (χ3v) is 6.61. The molecule has 0 heterocycles. The molecule has 1 aromatic rings. The van der Waals surface area contributed by atoms with E-state index in [1.165, 1.54) is 42.5 Å². The van der Waals surface area contributed by atoms with E-state index in [1.54, 1.807) is 0 Å². The Morgan fingerprint density at radius 1 is 1.24 bits per heavy atom. The topological polar surface area (TPSA) is 58.6 Å². The standard InChI is InChI=1S/C18H24N2O/c1-18-9-8-14-13-5-3-12(21)10-11(13)2-4-15(14)16(18)6-7-17(18)20-19/h3,5,10,14-16,21H,2,4,6-9,19H2,1H3/b20-17-/t14-,15+,16-,18+/m1/s1. The van der Waals surface area contributed by atoms with Crippen LogP contribution in [0, 0.1) is 17.3 Å². The first kappa shape index (κ1) is 13.2. The van der Waals surface area contributed by atoms with E-state index in [2.05, 4.69) is 18.1 Å². The van der Waals surface area contributed by atoms with Crippen molar-refractivity contribution in [2.75, 3.05) is 0 Å². The molecule has 2 fully saturated rings. The first-order valence-corrected chi connectivity index (χ1v) is 8.22. The van der Waals surface area contributed by atoms with Crippen LogP contribution < -0.4 is 5.84 Å². The van der Waals surface area contributed by atoms with Crippen LogP contribution in [0.4, 0.5) is 0 Å². The first-order chi connectivity index (χ1) is 10.1. The summed E-state index contributed by atoms with van der Waals surface area (Å²) in [5.74, 6) is 8.23. The summed E-state index contributed by atoms with van der Waals surface area (Å²) in [5.41, 5.74) is 4.35. The van der Waals surface area contributed by atoms with Crippen LogP contribution in [0.15, 0.2) is 23.3 Å². The third kappa shape index (κ3) is 1.76. The molecule has 3 aliphatic rings. The average Bonchev–Trinajstić information content (AvgIpc) is 2.83. The average molecular weight is 284 g/mol. The molecule has 3 heteroatoms. The molecule has 0 bridgehead atoms. The summed E-state index contributed by atoms with van der Waals surface area (Å²) < 4.78 is 0. The summed E-state index contributed by atoms with van der Waals surface area (Å²) in [6.07, 6.45) is 7.12. The zero-order valence-electron chi connectivity index (χ0n) is 12.7. The normalized spacial score (nSPS) is 39.7. The van der Waals surface area contributed by atoms with E-state index in [-0.39, 0.29) is 5.41 Å². The first-order valence-electron chi connectivity index (χ1n) is 8.22. The van der Waals surface area contributed by atoms with E-state index in [4.69, 9.17) is 5.84 Å². The Hall–Kier alpha value is -1.51. The minimum Gasteiger partial charge on any atom is -0.508 e. The van der Waals surface area contributed by atoms with Gasteiger partial charge in [-0.1, -0.05) is 13.0 Å². The number of hydrogen-bond acceptors (Lipinski definition) is 3. The van der Waals surface area contributed by atoms with E-state index >= 15 is 0 Å². The molecule has 112 valence electrons. The van der Waals surface area contributed by atoms with E-state index in [9.17, 15) is 5.11 Å². The summed E-state index contributed by atoms with van der Waals surface area (Å²) in [6, 6.07) is 5.99. The monoisotopic (exact) mass is 284 g/mol. The number of phenols is 1. The summed E-state index contributed by atoms with van der Waals surface area (Å²) in [7, 11) is 0. The maximum absolute atomic E-state index is 9.71. The van der Waals surface area contributed by atoms with Gasteiger partial charge in [-0.05, 0) is 79.5 Å². The number of benzene rings is 1. The van der Waals surface area contributed by atoms with Crippen molar-refractivity contribution in [3.8, 4) is 5.75 Å². The Morgan fingerprint density at radius 3 is 2.90 bits per heavy atom. The maximum Gasteiger partial charge on any atom is 0.115 e. The van der Waals surface area contributed by atoms with Gasteiger partial charge in [0.15, 0.2) is 0 Å².